The van der Waals surface area contributed by atoms with E-state index in [0.29, 0.717) is 13.0 Å². The van der Waals surface area contributed by atoms with E-state index in [1.165, 1.54) is 6.92 Å². The number of carbonyl (C=O) groups excluding carboxylic acids is 1. The van der Waals surface area contributed by atoms with E-state index in [1.54, 1.807) is 0 Å². The summed E-state index contributed by atoms with van der Waals surface area (Å²) in [4.78, 5) is 10.8. The molecule has 2 N–H and O–H groups in total. The molecule has 1 amide bonds. The van der Waals surface area contributed by atoms with Gasteiger partial charge in [0.15, 0.2) is 0 Å². The van der Waals surface area contributed by atoms with Gasteiger partial charge in [-0.15, -0.1) is 10.2 Å². The minimum absolute atomic E-state index is 0.120. The van der Waals surface area contributed by atoms with Gasteiger partial charge >= 0.3 is 0 Å². The number of nitrogens with zero attached hydrogens (tertiary/aromatic N) is 2. The van der Waals surface area contributed by atoms with Crippen molar-refractivity contribution in [1.29, 1.82) is 0 Å². The Morgan fingerprint density at radius 3 is 2.70 bits per heavy atom. The number of amides is 1. The molecule has 1 heterocycles. The van der Waals surface area contributed by atoms with E-state index in [0.717, 1.165) is 11.3 Å². The molecule has 1 aromatic rings. The number of ether oxygens (including phenoxy) is 1. The standard InChI is InChI=1S/C10H18N4O4S2/c1-7(2)18-6-4-5-11-20(16,17)10-14-13-9(19-10)12-8(3)15/h7,11H,4-6H2,1-3H3,(H,12,13,15). The van der Waals surface area contributed by atoms with E-state index in [4.69, 9.17) is 4.74 Å². The Balaban J connectivity index is 2.47. The maximum absolute atomic E-state index is 11.9. The maximum atomic E-state index is 11.9. The first kappa shape index (κ1) is 17.0. The van der Waals surface area contributed by atoms with Crippen molar-refractivity contribution in [2.45, 2.75) is 37.6 Å². The lowest BCUT2D eigenvalue weighted by atomic mass is 10.4. The van der Waals surface area contributed by atoms with Gasteiger partial charge in [0, 0.05) is 20.1 Å². The summed E-state index contributed by atoms with van der Waals surface area (Å²) < 4.78 is 31.3. The lowest BCUT2D eigenvalue weighted by Gasteiger charge is -2.07. The second-order valence-electron chi connectivity index (χ2n) is 4.23. The number of hydrogen-bond donors (Lipinski definition) is 2. The lowest BCUT2D eigenvalue weighted by molar-refractivity contribution is -0.114. The zero-order valence-electron chi connectivity index (χ0n) is 11.5. The molecule has 0 fully saturated rings. The Morgan fingerprint density at radius 1 is 1.40 bits per heavy atom. The molecule has 8 nitrogen and oxygen atoms in total. The molecule has 0 saturated carbocycles. The molecule has 0 aliphatic heterocycles. The maximum Gasteiger partial charge on any atom is 0.269 e. The molecular formula is C10H18N4O4S2. The van der Waals surface area contributed by atoms with Crippen LogP contribution in [0.25, 0.3) is 0 Å². The largest absolute Gasteiger partial charge is 0.379 e. The number of anilines is 1. The smallest absolute Gasteiger partial charge is 0.269 e. The summed E-state index contributed by atoms with van der Waals surface area (Å²) in [5.41, 5.74) is 0. The molecule has 0 aliphatic carbocycles. The van der Waals surface area contributed by atoms with Crippen LogP contribution in [0.15, 0.2) is 4.34 Å². The SMILES string of the molecule is CC(=O)Nc1nnc(S(=O)(=O)NCCCOC(C)C)s1. The average molecular weight is 322 g/mol. The van der Waals surface area contributed by atoms with Gasteiger partial charge in [0.05, 0.1) is 6.10 Å². The number of nitrogens with one attached hydrogen (secondary N) is 2. The highest BCUT2D eigenvalue weighted by atomic mass is 32.2. The van der Waals surface area contributed by atoms with E-state index in [1.807, 2.05) is 13.8 Å². The first-order valence-electron chi connectivity index (χ1n) is 6.03. The molecule has 0 bridgehead atoms. The number of carbonyl (C=O) groups is 1. The highest BCUT2D eigenvalue weighted by Gasteiger charge is 2.19. The second-order valence-corrected chi connectivity index (χ2v) is 7.14. The lowest BCUT2D eigenvalue weighted by Crippen LogP contribution is -2.25. The van der Waals surface area contributed by atoms with Crippen molar-refractivity contribution < 1.29 is 17.9 Å². The summed E-state index contributed by atoms with van der Waals surface area (Å²) in [6.07, 6.45) is 0.685. The van der Waals surface area contributed by atoms with E-state index < -0.39 is 10.0 Å². The van der Waals surface area contributed by atoms with Crippen molar-refractivity contribution in [2.24, 2.45) is 0 Å². The third kappa shape index (κ3) is 5.90. The Bertz CT molecular complexity index is 541. The highest BCUT2D eigenvalue weighted by Crippen LogP contribution is 2.19. The van der Waals surface area contributed by atoms with Crippen molar-refractivity contribution in [3.8, 4) is 0 Å². The highest BCUT2D eigenvalue weighted by molar-refractivity contribution is 7.91. The topological polar surface area (TPSA) is 110 Å². The Kier molecular flexibility index (Phi) is 6.46. The fourth-order valence-electron chi connectivity index (χ4n) is 1.18. The molecule has 0 spiro atoms. The van der Waals surface area contributed by atoms with Crippen molar-refractivity contribution in [3.05, 3.63) is 0 Å². The molecule has 1 rings (SSSR count). The predicted molar refractivity (Wildman–Crippen MR) is 75.1 cm³/mol. The van der Waals surface area contributed by atoms with Crippen LogP contribution in [0.2, 0.25) is 0 Å². The first-order valence-corrected chi connectivity index (χ1v) is 8.33. The molecule has 10 heteroatoms. The summed E-state index contributed by atoms with van der Waals surface area (Å²) in [6.45, 7) is 5.87. The van der Waals surface area contributed by atoms with Crippen LogP contribution >= 0.6 is 11.3 Å². The van der Waals surface area contributed by atoms with Crippen molar-refractivity contribution in [2.75, 3.05) is 18.5 Å². The quantitative estimate of drug-likeness (QED) is 0.535. The molecule has 0 aliphatic rings. The second kappa shape index (κ2) is 7.62. The van der Waals surface area contributed by atoms with Gasteiger partial charge < -0.3 is 10.1 Å². The first-order chi connectivity index (χ1) is 9.31. The summed E-state index contributed by atoms with van der Waals surface area (Å²) in [5.74, 6) is -0.330. The Hall–Kier alpha value is -1.10. The minimum Gasteiger partial charge on any atom is -0.379 e. The third-order valence-corrected chi connectivity index (χ3v) is 4.65. The normalized spacial score (nSPS) is 11.8. The summed E-state index contributed by atoms with van der Waals surface area (Å²) in [7, 11) is -3.69. The molecule has 0 radical (unpaired) electrons. The van der Waals surface area contributed by atoms with Gasteiger partial charge in [-0.3, -0.25) is 4.79 Å². The van der Waals surface area contributed by atoms with Gasteiger partial charge in [-0.05, 0) is 20.3 Å². The summed E-state index contributed by atoms with van der Waals surface area (Å²) in [6, 6.07) is 0. The number of rotatable bonds is 8. The van der Waals surface area contributed by atoms with Crippen molar-refractivity contribution in [3.63, 3.8) is 0 Å². The van der Waals surface area contributed by atoms with Crippen LogP contribution in [0.3, 0.4) is 0 Å². The predicted octanol–water partition coefficient (Wildman–Crippen LogP) is 0.590. The van der Waals surface area contributed by atoms with Crippen LogP contribution in [-0.4, -0.2) is 43.8 Å². The average Bonchev–Trinajstić information content (AvgIpc) is 2.76. The number of sulfonamides is 1. The van der Waals surface area contributed by atoms with E-state index >= 15 is 0 Å². The zero-order chi connectivity index (χ0) is 15.2. The van der Waals surface area contributed by atoms with Crippen molar-refractivity contribution in [1.82, 2.24) is 14.9 Å². The van der Waals surface area contributed by atoms with Gasteiger partial charge in [0.1, 0.15) is 0 Å². The van der Waals surface area contributed by atoms with Gasteiger partial charge in [-0.25, -0.2) is 13.1 Å². The molecule has 0 unspecified atom stereocenters. The summed E-state index contributed by atoms with van der Waals surface area (Å²) in [5, 5.41) is 9.66. The molecule has 20 heavy (non-hydrogen) atoms. The Labute approximate surface area is 122 Å². The van der Waals surface area contributed by atoms with Crippen LogP contribution in [0.4, 0.5) is 5.13 Å². The fraction of sp³-hybridized carbons (Fsp3) is 0.700. The van der Waals surface area contributed by atoms with Crippen LogP contribution < -0.4 is 10.0 Å². The van der Waals surface area contributed by atoms with Gasteiger partial charge in [-0.1, -0.05) is 11.3 Å². The molecule has 0 atom stereocenters. The third-order valence-electron chi connectivity index (χ3n) is 1.98. The van der Waals surface area contributed by atoms with Crippen LogP contribution in [0.5, 0.6) is 0 Å². The molecule has 1 aromatic heterocycles. The van der Waals surface area contributed by atoms with E-state index in [9.17, 15) is 13.2 Å². The number of hydrogen-bond acceptors (Lipinski definition) is 7. The monoisotopic (exact) mass is 322 g/mol. The molecular weight excluding hydrogens is 304 g/mol. The van der Waals surface area contributed by atoms with Gasteiger partial charge in [0.25, 0.3) is 10.0 Å². The fourth-order valence-corrected chi connectivity index (χ4v) is 3.24. The van der Waals surface area contributed by atoms with Crippen LogP contribution in [0.1, 0.15) is 27.2 Å². The molecule has 114 valence electrons. The van der Waals surface area contributed by atoms with E-state index in [2.05, 4.69) is 20.2 Å². The van der Waals surface area contributed by atoms with Gasteiger partial charge in [0.2, 0.25) is 15.4 Å². The van der Waals surface area contributed by atoms with Crippen molar-refractivity contribution >= 4 is 32.4 Å². The Morgan fingerprint density at radius 2 is 2.10 bits per heavy atom. The van der Waals surface area contributed by atoms with Gasteiger partial charge in [-0.2, -0.15) is 0 Å². The molecule has 0 aromatic carbocycles. The van der Waals surface area contributed by atoms with Crippen LogP contribution in [-0.2, 0) is 19.6 Å². The summed E-state index contributed by atoms with van der Waals surface area (Å²) >= 11 is 0.801. The zero-order valence-corrected chi connectivity index (χ0v) is 13.2. The van der Waals surface area contributed by atoms with Crippen LogP contribution in [0, 0.1) is 0 Å². The molecule has 0 saturated heterocycles. The van der Waals surface area contributed by atoms with E-state index in [-0.39, 0.29) is 28.0 Å². The number of aromatic nitrogens is 2. The minimum atomic E-state index is -3.69.